The zero-order valence-electron chi connectivity index (χ0n) is 29.1. The summed E-state index contributed by atoms with van der Waals surface area (Å²) in [5.41, 5.74) is 6.78. The molecule has 3 aromatic heterocycles. The molecule has 0 bridgehead atoms. The molecule has 7 rings (SSSR count). The molecule has 0 aliphatic carbocycles. The van der Waals surface area contributed by atoms with Gasteiger partial charge in [0.15, 0.2) is 11.0 Å². The third kappa shape index (κ3) is 4.83. The van der Waals surface area contributed by atoms with Crippen molar-refractivity contribution in [2.45, 2.75) is 52.4 Å². The van der Waals surface area contributed by atoms with E-state index in [9.17, 15) is 0 Å². The van der Waals surface area contributed by atoms with E-state index in [2.05, 4.69) is 88.6 Å². The monoisotopic (exact) mass is 582 g/mol. The number of hydrogen-bond acceptors (Lipinski definition) is 2. The maximum Gasteiger partial charge on any atom is 0.249 e. The lowest BCUT2D eigenvalue weighted by Gasteiger charge is -2.21. The highest BCUT2D eigenvalue weighted by Gasteiger charge is 2.21. The van der Waals surface area contributed by atoms with E-state index in [1.54, 1.807) is 6.33 Å². The molecule has 3 heterocycles. The van der Waals surface area contributed by atoms with Crippen molar-refractivity contribution in [1.82, 2.24) is 14.1 Å². The molecule has 5 heteroatoms. The highest BCUT2D eigenvalue weighted by molar-refractivity contribution is 6.09. The normalized spacial score (nSPS) is 13.7. The third-order valence-corrected chi connectivity index (χ3v) is 8.41. The molecular weight excluding hydrogens is 540 g/mol. The Morgan fingerprint density at radius 2 is 1.39 bits per heavy atom. The molecule has 0 radical (unpaired) electrons. The summed E-state index contributed by atoms with van der Waals surface area (Å²) in [5, 5.41) is 2.28. The summed E-state index contributed by atoms with van der Waals surface area (Å²) >= 11 is 0. The van der Waals surface area contributed by atoms with E-state index in [1.807, 2.05) is 65.4 Å². The molecule has 0 saturated carbocycles. The zero-order chi connectivity index (χ0) is 33.3. The summed E-state index contributed by atoms with van der Waals surface area (Å²) in [4.78, 5) is 4.87. The van der Waals surface area contributed by atoms with Gasteiger partial charge >= 0.3 is 0 Å². The van der Waals surface area contributed by atoms with Crippen LogP contribution in [0, 0.1) is 0 Å². The largest absolute Gasteiger partial charge is 0.457 e. The fraction of sp³-hybridized carbons (Fsp3) is 0.231. The molecule has 0 N–H and O–H groups in total. The number of aryl methyl sites for hydroxylation is 1. The summed E-state index contributed by atoms with van der Waals surface area (Å²) in [6.45, 7) is 11.1. The zero-order valence-corrected chi connectivity index (χ0v) is 26.1. The third-order valence-electron chi connectivity index (χ3n) is 8.41. The number of ether oxygens (including phenoxy) is 1. The van der Waals surface area contributed by atoms with Crippen molar-refractivity contribution >= 4 is 32.8 Å². The van der Waals surface area contributed by atoms with E-state index in [0.29, 0.717) is 17.0 Å². The summed E-state index contributed by atoms with van der Waals surface area (Å²) < 4.78 is 36.1. The minimum Gasteiger partial charge on any atom is -0.457 e. The number of nitrogens with zero attached hydrogens (tertiary/aromatic N) is 4. The van der Waals surface area contributed by atoms with Crippen molar-refractivity contribution in [3.05, 3.63) is 121 Å². The molecule has 4 aromatic carbocycles. The highest BCUT2D eigenvalue weighted by atomic mass is 16.5. The van der Waals surface area contributed by atoms with Crippen LogP contribution in [-0.4, -0.2) is 14.1 Å². The van der Waals surface area contributed by atoms with Crippen molar-refractivity contribution in [2.75, 3.05) is 0 Å². The Morgan fingerprint density at radius 1 is 0.682 bits per heavy atom. The fourth-order valence-corrected chi connectivity index (χ4v) is 5.93. The molecule has 0 saturated heterocycles. The van der Waals surface area contributed by atoms with E-state index >= 15 is 0 Å². The van der Waals surface area contributed by atoms with Crippen molar-refractivity contribution in [2.24, 2.45) is 6.98 Å². The first kappa shape index (κ1) is 24.5. The lowest BCUT2D eigenvalue weighted by molar-refractivity contribution is -0.645. The van der Waals surface area contributed by atoms with Gasteiger partial charge in [0.05, 0.1) is 22.1 Å². The van der Waals surface area contributed by atoms with Crippen molar-refractivity contribution in [3.63, 3.8) is 0 Å². The van der Waals surface area contributed by atoms with Crippen LogP contribution in [0.1, 0.15) is 56.8 Å². The number of imidazole rings is 1. The van der Waals surface area contributed by atoms with Gasteiger partial charge in [0, 0.05) is 29.1 Å². The van der Waals surface area contributed by atoms with Gasteiger partial charge in [0.2, 0.25) is 6.33 Å². The Hall–Kier alpha value is -4.90. The predicted molar refractivity (Wildman–Crippen MR) is 181 cm³/mol. The minimum atomic E-state index is -2.30. The van der Waals surface area contributed by atoms with Crippen LogP contribution in [0.15, 0.2) is 110 Å². The molecule has 0 fully saturated rings. The Balaban J connectivity index is 1.36. The first-order valence-electron chi connectivity index (χ1n) is 16.5. The number of fused-ring (bicyclic) bond motifs is 4. The van der Waals surface area contributed by atoms with Crippen LogP contribution in [0.25, 0.3) is 44.3 Å². The molecule has 0 spiro atoms. The van der Waals surface area contributed by atoms with E-state index < -0.39 is 6.98 Å². The number of hydrogen-bond donors (Lipinski definition) is 0. The molecule has 0 atom stereocenters. The topological polar surface area (TPSA) is 35.9 Å². The molecule has 0 aliphatic rings. The Morgan fingerprint density at radius 3 is 2.16 bits per heavy atom. The Bertz CT molecular complexity index is 2300. The van der Waals surface area contributed by atoms with E-state index in [-0.39, 0.29) is 10.8 Å². The van der Waals surface area contributed by atoms with Gasteiger partial charge in [0.1, 0.15) is 23.0 Å². The first-order valence-corrected chi connectivity index (χ1v) is 15.0. The lowest BCUT2D eigenvalue weighted by Crippen LogP contribution is -2.25. The number of benzene rings is 4. The molecule has 0 aliphatic heterocycles. The van der Waals surface area contributed by atoms with E-state index in [1.165, 1.54) is 15.7 Å². The molecule has 220 valence electrons. The van der Waals surface area contributed by atoms with E-state index in [0.717, 1.165) is 38.8 Å². The standard InChI is InChI=1S/C39H39N4O/c1-38(2,3)26-15-17-31-32-18-16-30(24-36(32)43(35(31)21-26)37-22-27(19-20-40-37)39(4,5)6)44-29-12-10-11-28(23-29)42-25-41(7)33-13-8-9-14-34(33)42/h8-25H,1-7H3/q+1/i7D3. The second-order valence-electron chi connectivity index (χ2n) is 13.6. The Kier molecular flexibility index (Phi) is 5.62. The van der Waals surface area contributed by atoms with Crippen molar-refractivity contribution < 1.29 is 13.4 Å². The summed E-state index contributed by atoms with van der Waals surface area (Å²) in [7, 11) is 0. The maximum absolute atomic E-state index is 8.04. The van der Waals surface area contributed by atoms with Gasteiger partial charge in [-0.3, -0.25) is 4.57 Å². The molecular formula is C39H39N4O+. The maximum atomic E-state index is 8.04. The number of para-hydroxylation sites is 2. The molecule has 0 unspecified atom stereocenters. The second kappa shape index (κ2) is 10.1. The average molecular weight is 583 g/mol. The van der Waals surface area contributed by atoms with Gasteiger partial charge < -0.3 is 4.74 Å². The van der Waals surface area contributed by atoms with Crippen LogP contribution in [0.5, 0.6) is 11.5 Å². The number of rotatable bonds is 4. The smallest absolute Gasteiger partial charge is 0.249 e. The quantitative estimate of drug-likeness (QED) is 0.194. The fourth-order valence-electron chi connectivity index (χ4n) is 5.93. The van der Waals surface area contributed by atoms with Crippen LogP contribution in [0.3, 0.4) is 0 Å². The van der Waals surface area contributed by atoms with Gasteiger partial charge in [-0.15, -0.1) is 0 Å². The van der Waals surface area contributed by atoms with Crippen LogP contribution in [0.2, 0.25) is 0 Å². The minimum absolute atomic E-state index is 0.0107. The van der Waals surface area contributed by atoms with Crippen LogP contribution >= 0.6 is 0 Å². The Labute approximate surface area is 263 Å². The van der Waals surface area contributed by atoms with Gasteiger partial charge in [-0.2, -0.15) is 4.57 Å². The van der Waals surface area contributed by atoms with Gasteiger partial charge in [-0.25, -0.2) is 9.55 Å². The SMILES string of the molecule is [2H]C([2H])([2H])[n+]1cn(-c2cccc(Oc3ccc4c5ccc(C(C)(C)C)cc5n(-c5cc(C(C)(C)C)ccn5)c4c3)c2)c2ccccc21. The predicted octanol–water partition coefficient (Wildman–Crippen LogP) is 9.33. The van der Waals surface area contributed by atoms with Crippen LogP contribution in [0.4, 0.5) is 0 Å². The van der Waals surface area contributed by atoms with Gasteiger partial charge in [0.25, 0.3) is 0 Å². The van der Waals surface area contributed by atoms with Crippen molar-refractivity contribution in [1.29, 1.82) is 0 Å². The summed E-state index contributed by atoms with van der Waals surface area (Å²) in [6.07, 6.45) is 3.53. The van der Waals surface area contributed by atoms with Crippen LogP contribution < -0.4 is 9.30 Å². The summed E-state index contributed by atoms with van der Waals surface area (Å²) in [6, 6.07) is 32.4. The van der Waals surface area contributed by atoms with Gasteiger partial charge in [-0.1, -0.05) is 71.9 Å². The lowest BCUT2D eigenvalue weighted by atomic mass is 9.86. The highest BCUT2D eigenvalue weighted by Crippen LogP contribution is 2.38. The number of aromatic nitrogens is 4. The second-order valence-corrected chi connectivity index (χ2v) is 13.6. The average Bonchev–Trinajstić information content (AvgIpc) is 3.56. The van der Waals surface area contributed by atoms with Crippen molar-refractivity contribution in [3.8, 4) is 23.0 Å². The first-order chi connectivity index (χ1) is 22.2. The molecule has 7 aromatic rings. The van der Waals surface area contributed by atoms with E-state index in [4.69, 9.17) is 13.8 Å². The molecule has 5 nitrogen and oxygen atoms in total. The summed E-state index contributed by atoms with van der Waals surface area (Å²) in [5.74, 6) is 2.20. The van der Waals surface area contributed by atoms with Gasteiger partial charge in [-0.05, 0) is 76.6 Å². The molecule has 44 heavy (non-hydrogen) atoms. The number of pyridine rings is 1. The molecule has 0 amide bonds. The van der Waals surface area contributed by atoms with Crippen LogP contribution in [-0.2, 0) is 17.8 Å².